The van der Waals surface area contributed by atoms with Crippen molar-refractivity contribution >= 4 is 30.7 Å². The molecule has 0 radical (unpaired) electrons. The minimum atomic E-state index is -1.46. The highest BCUT2D eigenvalue weighted by Gasteiger charge is 2.19. The van der Waals surface area contributed by atoms with E-state index in [2.05, 4.69) is 53.7 Å². The minimum Gasteiger partial charge on any atom is -0.493 e. The van der Waals surface area contributed by atoms with Gasteiger partial charge in [0.15, 0.2) is 11.5 Å². The highest BCUT2D eigenvalue weighted by molar-refractivity contribution is 14.1. The second-order valence-corrected chi connectivity index (χ2v) is 12.0. The number of aryl methyl sites for hydroxylation is 1. The third kappa shape index (κ3) is 5.90. The number of aliphatic hydroxyl groups excluding tert-OH is 1. The Hall–Kier alpha value is -0.913. The first-order chi connectivity index (χ1) is 10.7. The summed E-state index contributed by atoms with van der Waals surface area (Å²) in [6, 6.07) is 1.93. The van der Waals surface area contributed by atoms with Crippen molar-refractivity contribution in [3.63, 3.8) is 0 Å². The standard InChI is InChI=1S/C17H25IO4Si/c1-20-14-11-12(15(18)17(22-3)16(14)21-2)7-8-13(19)9-10-23(4,5)6/h11,13,19H,7-8H2,1-6H3. The van der Waals surface area contributed by atoms with Crippen molar-refractivity contribution in [2.75, 3.05) is 21.3 Å². The Morgan fingerprint density at radius 2 is 1.74 bits per heavy atom. The summed E-state index contributed by atoms with van der Waals surface area (Å²) in [5, 5.41) is 10.1. The lowest BCUT2D eigenvalue weighted by Crippen LogP contribution is -2.18. The van der Waals surface area contributed by atoms with Crippen molar-refractivity contribution in [1.29, 1.82) is 0 Å². The summed E-state index contributed by atoms with van der Waals surface area (Å²) >= 11 is 2.23. The molecule has 4 nitrogen and oxygen atoms in total. The van der Waals surface area contributed by atoms with Gasteiger partial charge in [0.1, 0.15) is 14.2 Å². The van der Waals surface area contributed by atoms with Gasteiger partial charge in [0.2, 0.25) is 5.75 Å². The van der Waals surface area contributed by atoms with Crippen molar-refractivity contribution in [3.05, 3.63) is 15.2 Å². The second-order valence-electron chi connectivity index (χ2n) is 6.19. The molecule has 0 fully saturated rings. The molecule has 1 N–H and O–H groups in total. The summed E-state index contributed by atoms with van der Waals surface area (Å²) in [7, 11) is 3.34. The van der Waals surface area contributed by atoms with Crippen LogP contribution in [-0.4, -0.2) is 40.6 Å². The minimum absolute atomic E-state index is 0.576. The Morgan fingerprint density at radius 3 is 2.22 bits per heavy atom. The molecule has 0 bridgehead atoms. The maximum Gasteiger partial charge on any atom is 0.204 e. The molecular formula is C17H25IO4Si. The molecule has 1 rings (SSSR count). The van der Waals surface area contributed by atoms with Crippen molar-refractivity contribution < 1.29 is 19.3 Å². The monoisotopic (exact) mass is 448 g/mol. The van der Waals surface area contributed by atoms with Gasteiger partial charge in [0.05, 0.1) is 24.9 Å². The van der Waals surface area contributed by atoms with Gasteiger partial charge in [-0.05, 0) is 47.1 Å². The van der Waals surface area contributed by atoms with Crippen LogP contribution in [0.15, 0.2) is 6.07 Å². The topological polar surface area (TPSA) is 47.9 Å². The van der Waals surface area contributed by atoms with Gasteiger partial charge in [-0.1, -0.05) is 25.6 Å². The zero-order chi connectivity index (χ0) is 17.6. The Kier molecular flexibility index (Phi) is 7.71. The summed E-state index contributed by atoms with van der Waals surface area (Å²) in [4.78, 5) is 0. The smallest absolute Gasteiger partial charge is 0.204 e. The van der Waals surface area contributed by atoms with E-state index < -0.39 is 14.2 Å². The molecule has 6 heteroatoms. The van der Waals surface area contributed by atoms with Crippen LogP contribution >= 0.6 is 22.6 Å². The molecule has 0 aliphatic rings. The van der Waals surface area contributed by atoms with E-state index in [4.69, 9.17) is 14.2 Å². The van der Waals surface area contributed by atoms with Crippen LogP contribution in [0.3, 0.4) is 0 Å². The van der Waals surface area contributed by atoms with Crippen molar-refractivity contribution in [2.24, 2.45) is 0 Å². The fraction of sp³-hybridized carbons (Fsp3) is 0.529. The van der Waals surface area contributed by atoms with Crippen molar-refractivity contribution in [3.8, 4) is 28.7 Å². The van der Waals surface area contributed by atoms with E-state index in [0.29, 0.717) is 30.1 Å². The number of aliphatic hydroxyl groups is 1. The molecule has 23 heavy (non-hydrogen) atoms. The molecule has 1 aromatic carbocycles. The molecule has 0 saturated carbocycles. The highest BCUT2D eigenvalue weighted by atomic mass is 127. The number of ether oxygens (including phenoxy) is 3. The lowest BCUT2D eigenvalue weighted by atomic mass is 10.1. The predicted molar refractivity (Wildman–Crippen MR) is 104 cm³/mol. The van der Waals surface area contributed by atoms with Crippen molar-refractivity contribution in [2.45, 2.75) is 38.6 Å². The number of hydrogen-bond donors (Lipinski definition) is 1. The van der Waals surface area contributed by atoms with Gasteiger partial charge in [0.25, 0.3) is 0 Å². The Morgan fingerprint density at radius 1 is 1.13 bits per heavy atom. The van der Waals surface area contributed by atoms with Crippen LogP contribution < -0.4 is 14.2 Å². The zero-order valence-corrected chi connectivity index (χ0v) is 17.8. The molecule has 1 aromatic rings. The molecule has 0 aliphatic heterocycles. The van der Waals surface area contributed by atoms with Gasteiger partial charge >= 0.3 is 0 Å². The molecule has 0 aromatic heterocycles. The Bertz CT molecular complexity index is 599. The number of benzene rings is 1. The maximum absolute atomic E-state index is 10.1. The van der Waals surface area contributed by atoms with Gasteiger partial charge in [0, 0.05) is 0 Å². The van der Waals surface area contributed by atoms with Crippen LogP contribution in [0.5, 0.6) is 17.2 Å². The summed E-state index contributed by atoms with van der Waals surface area (Å²) in [5.74, 6) is 4.84. The number of methoxy groups -OCH3 is 3. The molecule has 0 spiro atoms. The lowest BCUT2D eigenvalue weighted by molar-refractivity contribution is 0.222. The average molecular weight is 448 g/mol. The van der Waals surface area contributed by atoms with Gasteiger partial charge in [-0.15, -0.1) is 5.54 Å². The molecule has 128 valence electrons. The van der Waals surface area contributed by atoms with Gasteiger partial charge in [-0.25, -0.2) is 0 Å². The van der Waals surface area contributed by atoms with Crippen molar-refractivity contribution in [1.82, 2.24) is 0 Å². The summed E-state index contributed by atoms with van der Waals surface area (Å²) in [6.07, 6.45) is 0.652. The molecule has 0 heterocycles. The third-order valence-corrected chi connectivity index (χ3v) is 5.22. The predicted octanol–water partition coefficient (Wildman–Crippen LogP) is 3.49. The van der Waals surface area contributed by atoms with Gasteiger partial charge in [-0.3, -0.25) is 0 Å². The molecular weight excluding hydrogens is 423 g/mol. The first kappa shape index (κ1) is 20.1. The zero-order valence-electron chi connectivity index (χ0n) is 14.6. The van der Waals surface area contributed by atoms with E-state index in [1.165, 1.54) is 0 Å². The normalized spacial score (nSPS) is 12.2. The SMILES string of the molecule is COc1cc(CCC(O)C#C[Si](C)(C)C)c(I)c(OC)c1OC. The van der Waals surface area contributed by atoms with Crippen LogP contribution in [0.25, 0.3) is 0 Å². The quantitative estimate of drug-likeness (QED) is 0.411. The van der Waals surface area contributed by atoms with Gasteiger partial charge in [-0.2, -0.15) is 0 Å². The van der Waals surface area contributed by atoms with E-state index in [9.17, 15) is 5.11 Å². The van der Waals surface area contributed by atoms with E-state index in [0.717, 1.165) is 9.13 Å². The van der Waals surface area contributed by atoms with Crippen LogP contribution in [0.4, 0.5) is 0 Å². The van der Waals surface area contributed by atoms with E-state index in [-0.39, 0.29) is 0 Å². The largest absolute Gasteiger partial charge is 0.493 e. The average Bonchev–Trinajstić information content (AvgIpc) is 2.50. The molecule has 0 amide bonds. The first-order valence-corrected chi connectivity index (χ1v) is 12.0. The summed E-state index contributed by atoms with van der Waals surface area (Å²) < 4.78 is 17.2. The summed E-state index contributed by atoms with van der Waals surface area (Å²) in [5.41, 5.74) is 4.25. The van der Waals surface area contributed by atoms with E-state index in [1.54, 1.807) is 21.3 Å². The van der Waals surface area contributed by atoms with Crippen LogP contribution in [0.2, 0.25) is 19.6 Å². The third-order valence-electron chi connectivity index (χ3n) is 3.15. The molecule has 1 unspecified atom stereocenters. The Balaban J connectivity index is 2.98. The number of halogens is 1. The van der Waals surface area contributed by atoms with Gasteiger partial charge < -0.3 is 19.3 Å². The lowest BCUT2D eigenvalue weighted by Gasteiger charge is -2.17. The fourth-order valence-electron chi connectivity index (χ4n) is 2.02. The van der Waals surface area contributed by atoms with Crippen LogP contribution in [-0.2, 0) is 6.42 Å². The van der Waals surface area contributed by atoms with Crippen LogP contribution in [0, 0.1) is 15.0 Å². The van der Waals surface area contributed by atoms with Crippen LogP contribution in [0.1, 0.15) is 12.0 Å². The fourth-order valence-corrected chi connectivity index (χ4v) is 3.51. The molecule has 0 saturated heterocycles. The Labute approximate surface area is 153 Å². The van der Waals surface area contributed by atoms with E-state index in [1.807, 2.05) is 6.07 Å². The summed E-state index contributed by atoms with van der Waals surface area (Å²) in [6.45, 7) is 6.48. The van der Waals surface area contributed by atoms with E-state index >= 15 is 0 Å². The molecule has 1 atom stereocenters. The first-order valence-electron chi connectivity index (χ1n) is 7.41. The number of rotatable bonds is 6. The second kappa shape index (κ2) is 8.80. The maximum atomic E-state index is 10.1. The number of hydrogen-bond acceptors (Lipinski definition) is 4. The highest BCUT2D eigenvalue weighted by Crippen LogP contribution is 2.42. The molecule has 0 aliphatic carbocycles.